The summed E-state index contributed by atoms with van der Waals surface area (Å²) in [5, 5.41) is 10.2. The Morgan fingerprint density at radius 2 is 1.85 bits per heavy atom. The van der Waals surface area contributed by atoms with E-state index in [1.807, 2.05) is 30.3 Å². The van der Waals surface area contributed by atoms with E-state index in [9.17, 15) is 5.11 Å². The van der Waals surface area contributed by atoms with Gasteiger partial charge in [0.05, 0.1) is 20.3 Å². The maximum Gasteiger partial charge on any atom is 0.165 e. The maximum atomic E-state index is 10.2. The monoisotopic (exact) mass is 272 g/mol. The first-order valence-corrected chi connectivity index (χ1v) is 6.55. The molecule has 0 amide bonds. The van der Waals surface area contributed by atoms with Gasteiger partial charge < -0.3 is 19.3 Å². The lowest BCUT2D eigenvalue weighted by molar-refractivity contribution is 0.297. The number of benzene rings is 2. The predicted molar refractivity (Wildman–Crippen MR) is 75.7 cm³/mol. The standard InChI is InChI=1S/C16H16O4/c1-18-14-5-2-4-12(16(14)17)11-6-7-13-15(10-11)20-9-3-8-19-13/h2,4-7,10,17H,3,8-9H2,1H3. The normalized spacial score (nSPS) is 13.7. The van der Waals surface area contributed by atoms with Crippen LogP contribution < -0.4 is 14.2 Å². The summed E-state index contributed by atoms with van der Waals surface area (Å²) < 4.78 is 16.4. The van der Waals surface area contributed by atoms with E-state index in [0.29, 0.717) is 30.3 Å². The minimum Gasteiger partial charge on any atom is -0.504 e. The Bertz CT molecular complexity index is 622. The molecule has 0 spiro atoms. The van der Waals surface area contributed by atoms with Crippen LogP contribution in [0.1, 0.15) is 6.42 Å². The second kappa shape index (κ2) is 5.33. The quantitative estimate of drug-likeness (QED) is 0.911. The number of aromatic hydroxyl groups is 1. The Kier molecular flexibility index (Phi) is 3.37. The maximum absolute atomic E-state index is 10.2. The van der Waals surface area contributed by atoms with Crippen LogP contribution in [0.5, 0.6) is 23.0 Å². The third-order valence-corrected chi connectivity index (χ3v) is 3.28. The molecule has 3 rings (SSSR count). The van der Waals surface area contributed by atoms with Gasteiger partial charge in [0.2, 0.25) is 0 Å². The Morgan fingerprint density at radius 1 is 1.05 bits per heavy atom. The third kappa shape index (κ3) is 2.25. The summed E-state index contributed by atoms with van der Waals surface area (Å²) in [5.74, 6) is 2.04. The molecule has 0 fully saturated rings. The number of fused-ring (bicyclic) bond motifs is 1. The van der Waals surface area contributed by atoms with E-state index in [4.69, 9.17) is 14.2 Å². The van der Waals surface area contributed by atoms with Crippen molar-refractivity contribution in [1.29, 1.82) is 0 Å². The van der Waals surface area contributed by atoms with Crippen LogP contribution in [-0.2, 0) is 0 Å². The highest BCUT2D eigenvalue weighted by atomic mass is 16.5. The van der Waals surface area contributed by atoms with Crippen molar-refractivity contribution in [2.75, 3.05) is 20.3 Å². The van der Waals surface area contributed by atoms with Crippen molar-refractivity contribution >= 4 is 0 Å². The molecule has 1 aliphatic rings. The van der Waals surface area contributed by atoms with Crippen molar-refractivity contribution in [2.24, 2.45) is 0 Å². The van der Waals surface area contributed by atoms with E-state index in [-0.39, 0.29) is 5.75 Å². The molecule has 20 heavy (non-hydrogen) atoms. The zero-order chi connectivity index (χ0) is 13.9. The molecule has 0 radical (unpaired) electrons. The van der Waals surface area contributed by atoms with Gasteiger partial charge in [0, 0.05) is 12.0 Å². The van der Waals surface area contributed by atoms with E-state index in [0.717, 1.165) is 17.7 Å². The van der Waals surface area contributed by atoms with Gasteiger partial charge in [-0.05, 0) is 23.8 Å². The molecular formula is C16H16O4. The van der Waals surface area contributed by atoms with Gasteiger partial charge in [0.25, 0.3) is 0 Å². The highest BCUT2D eigenvalue weighted by Crippen LogP contribution is 2.40. The van der Waals surface area contributed by atoms with Crippen LogP contribution >= 0.6 is 0 Å². The van der Waals surface area contributed by atoms with Crippen LogP contribution in [0.3, 0.4) is 0 Å². The summed E-state index contributed by atoms with van der Waals surface area (Å²) in [6, 6.07) is 11.1. The fourth-order valence-corrected chi connectivity index (χ4v) is 2.25. The molecule has 1 aliphatic heterocycles. The molecule has 0 bridgehead atoms. The summed E-state index contributed by atoms with van der Waals surface area (Å²) in [4.78, 5) is 0. The van der Waals surface area contributed by atoms with Crippen molar-refractivity contribution < 1.29 is 19.3 Å². The van der Waals surface area contributed by atoms with Gasteiger partial charge in [0.1, 0.15) is 0 Å². The molecule has 4 heteroatoms. The van der Waals surface area contributed by atoms with Crippen molar-refractivity contribution in [3.05, 3.63) is 36.4 Å². The van der Waals surface area contributed by atoms with Crippen LogP contribution in [0.2, 0.25) is 0 Å². The Morgan fingerprint density at radius 3 is 2.65 bits per heavy atom. The van der Waals surface area contributed by atoms with E-state index < -0.39 is 0 Å². The Labute approximate surface area is 117 Å². The number of ether oxygens (including phenoxy) is 3. The predicted octanol–water partition coefficient (Wildman–Crippen LogP) is 3.23. The Balaban J connectivity index is 2.05. The number of para-hydroxylation sites is 1. The van der Waals surface area contributed by atoms with Crippen LogP contribution in [0.4, 0.5) is 0 Å². The summed E-state index contributed by atoms with van der Waals surface area (Å²) in [5.41, 5.74) is 1.57. The fourth-order valence-electron chi connectivity index (χ4n) is 2.25. The number of phenols is 1. The zero-order valence-corrected chi connectivity index (χ0v) is 11.3. The number of rotatable bonds is 2. The molecule has 0 saturated heterocycles. The van der Waals surface area contributed by atoms with Crippen LogP contribution in [-0.4, -0.2) is 25.4 Å². The molecule has 2 aromatic rings. The van der Waals surface area contributed by atoms with Crippen molar-refractivity contribution in [3.63, 3.8) is 0 Å². The molecular weight excluding hydrogens is 256 g/mol. The largest absolute Gasteiger partial charge is 0.504 e. The lowest BCUT2D eigenvalue weighted by Gasteiger charge is -2.12. The average Bonchev–Trinajstić information content (AvgIpc) is 2.72. The first-order valence-electron chi connectivity index (χ1n) is 6.55. The first-order chi connectivity index (χ1) is 9.79. The van der Waals surface area contributed by atoms with Gasteiger partial charge in [0.15, 0.2) is 23.0 Å². The molecule has 2 aromatic carbocycles. The second-order valence-electron chi connectivity index (χ2n) is 4.57. The van der Waals surface area contributed by atoms with E-state index in [1.165, 1.54) is 7.11 Å². The van der Waals surface area contributed by atoms with Gasteiger partial charge >= 0.3 is 0 Å². The minimum atomic E-state index is 0.129. The fraction of sp³-hybridized carbons (Fsp3) is 0.250. The highest BCUT2D eigenvalue weighted by molar-refractivity contribution is 5.75. The number of methoxy groups -OCH3 is 1. The number of hydrogen-bond donors (Lipinski definition) is 1. The molecule has 4 nitrogen and oxygen atoms in total. The number of hydrogen-bond acceptors (Lipinski definition) is 4. The van der Waals surface area contributed by atoms with Crippen molar-refractivity contribution in [1.82, 2.24) is 0 Å². The molecule has 104 valence electrons. The molecule has 0 unspecified atom stereocenters. The van der Waals surface area contributed by atoms with Gasteiger partial charge in [-0.1, -0.05) is 18.2 Å². The third-order valence-electron chi connectivity index (χ3n) is 3.28. The van der Waals surface area contributed by atoms with Gasteiger partial charge in [-0.25, -0.2) is 0 Å². The average molecular weight is 272 g/mol. The number of phenolic OH excluding ortho intramolecular Hbond substituents is 1. The topological polar surface area (TPSA) is 47.9 Å². The smallest absolute Gasteiger partial charge is 0.165 e. The van der Waals surface area contributed by atoms with E-state index >= 15 is 0 Å². The van der Waals surface area contributed by atoms with E-state index in [2.05, 4.69) is 0 Å². The zero-order valence-electron chi connectivity index (χ0n) is 11.3. The van der Waals surface area contributed by atoms with Gasteiger partial charge in [-0.3, -0.25) is 0 Å². The molecule has 1 heterocycles. The summed E-state index contributed by atoms with van der Waals surface area (Å²) in [6.07, 6.45) is 0.869. The second-order valence-corrected chi connectivity index (χ2v) is 4.57. The molecule has 0 aromatic heterocycles. The summed E-state index contributed by atoms with van der Waals surface area (Å²) in [6.45, 7) is 1.30. The van der Waals surface area contributed by atoms with Gasteiger partial charge in [-0.15, -0.1) is 0 Å². The lowest BCUT2D eigenvalue weighted by Crippen LogP contribution is -1.97. The Hall–Kier alpha value is -2.36. The van der Waals surface area contributed by atoms with Crippen molar-refractivity contribution in [3.8, 4) is 34.1 Å². The summed E-state index contributed by atoms with van der Waals surface area (Å²) in [7, 11) is 1.53. The molecule has 0 saturated carbocycles. The van der Waals surface area contributed by atoms with Gasteiger partial charge in [-0.2, -0.15) is 0 Å². The SMILES string of the molecule is COc1cccc(-c2ccc3c(c2)OCCCO3)c1O. The molecule has 0 aliphatic carbocycles. The van der Waals surface area contributed by atoms with Crippen LogP contribution in [0, 0.1) is 0 Å². The van der Waals surface area contributed by atoms with Crippen molar-refractivity contribution in [2.45, 2.75) is 6.42 Å². The minimum absolute atomic E-state index is 0.129. The lowest BCUT2D eigenvalue weighted by atomic mass is 10.0. The van der Waals surface area contributed by atoms with Crippen LogP contribution in [0.15, 0.2) is 36.4 Å². The first kappa shape index (κ1) is 12.7. The highest BCUT2D eigenvalue weighted by Gasteiger charge is 2.14. The summed E-state index contributed by atoms with van der Waals surface area (Å²) >= 11 is 0. The van der Waals surface area contributed by atoms with Crippen LogP contribution in [0.25, 0.3) is 11.1 Å². The molecule has 1 N–H and O–H groups in total. The van der Waals surface area contributed by atoms with E-state index in [1.54, 1.807) is 6.07 Å². The molecule has 0 atom stereocenters.